The van der Waals surface area contributed by atoms with Gasteiger partial charge >= 0.3 is 6.09 Å². The highest BCUT2D eigenvalue weighted by atomic mass is 32.2. The maximum atomic E-state index is 13.4. The van der Waals surface area contributed by atoms with Crippen molar-refractivity contribution >= 4 is 34.0 Å². The van der Waals surface area contributed by atoms with Gasteiger partial charge in [0.2, 0.25) is 5.16 Å². The number of benzene rings is 1. The first-order chi connectivity index (χ1) is 15.8. The van der Waals surface area contributed by atoms with E-state index in [2.05, 4.69) is 50.1 Å². The van der Waals surface area contributed by atoms with Gasteiger partial charge in [-0.3, -0.25) is 15.0 Å². The molecule has 1 aromatic heterocycles. The Balaban J connectivity index is 1.87. The van der Waals surface area contributed by atoms with E-state index in [4.69, 9.17) is 9.16 Å². The monoisotopic (exact) mass is 508 g/mol. The summed E-state index contributed by atoms with van der Waals surface area (Å²) in [6.45, 7) is 11.3. The summed E-state index contributed by atoms with van der Waals surface area (Å²) in [6.07, 6.45) is -0.481. The largest absolute Gasteiger partial charge is 0.444 e. The van der Waals surface area contributed by atoms with Gasteiger partial charge in [0, 0.05) is 36.9 Å². The van der Waals surface area contributed by atoms with Crippen LogP contribution in [0.5, 0.6) is 0 Å². The normalized spacial score (nSPS) is 22.2. The van der Waals surface area contributed by atoms with E-state index >= 15 is 0 Å². The quantitative estimate of drug-likeness (QED) is 0.240. The number of carbonyl (C=O) groups is 1. The fourth-order valence-electron chi connectivity index (χ4n) is 4.90. The summed E-state index contributed by atoms with van der Waals surface area (Å²) in [7, 11) is 2.18. The summed E-state index contributed by atoms with van der Waals surface area (Å²) in [4.78, 5) is 25.6. The molecule has 0 spiro atoms. The second kappa shape index (κ2) is 9.62. The van der Waals surface area contributed by atoms with Gasteiger partial charge in [0.1, 0.15) is 22.8 Å². The Labute approximate surface area is 206 Å². The number of non-ortho nitro benzene ring substituents is 1. The van der Waals surface area contributed by atoms with Crippen molar-refractivity contribution in [2.75, 3.05) is 12.3 Å². The Bertz CT molecular complexity index is 1040. The molecule has 2 atom stereocenters. The van der Waals surface area contributed by atoms with Crippen LogP contribution in [0.1, 0.15) is 40.2 Å². The average molecular weight is 509 g/mol. The van der Waals surface area contributed by atoms with Gasteiger partial charge in [0.25, 0.3) is 5.69 Å². The number of nitro groups is 1. The Morgan fingerprint density at radius 2 is 1.97 bits per heavy atom. The van der Waals surface area contributed by atoms with E-state index in [1.165, 1.54) is 23.9 Å². The van der Waals surface area contributed by atoms with Gasteiger partial charge in [-0.2, -0.15) is 0 Å². The minimum Gasteiger partial charge on any atom is -0.444 e. The third-order valence-corrected chi connectivity index (χ3v) is 8.59. The number of tetrazole rings is 1. The molecule has 0 N–H and O–H groups in total. The summed E-state index contributed by atoms with van der Waals surface area (Å²) in [5.74, 6) is 0.579. The second-order valence-electron chi connectivity index (χ2n) is 10.1. The molecule has 11 nitrogen and oxygen atoms in total. The van der Waals surface area contributed by atoms with Crippen molar-refractivity contribution in [2.24, 2.45) is 23.8 Å². The zero-order valence-corrected chi connectivity index (χ0v) is 23.5. The number of hydrogen-bond donors (Lipinski definition) is 0. The molecule has 1 aliphatic heterocycles. The first-order valence-electron chi connectivity index (χ1n) is 10.9. The number of amides is 1. The van der Waals surface area contributed by atoms with Crippen LogP contribution < -0.4 is 0 Å². The molecule has 0 saturated carbocycles. The first kappa shape index (κ1) is 26.1. The molecule has 13 heteroatoms. The molecule has 1 aromatic carbocycles. The van der Waals surface area contributed by atoms with Crippen LogP contribution in [0.15, 0.2) is 29.4 Å². The van der Waals surface area contributed by atoms with Gasteiger partial charge in [-0.15, -0.1) is 5.10 Å². The summed E-state index contributed by atoms with van der Waals surface area (Å²) >= 11 is 1.44. The molecule has 3 rings (SSSR count). The van der Waals surface area contributed by atoms with Gasteiger partial charge in [-0.05, 0) is 39.5 Å². The zero-order valence-electron chi connectivity index (χ0n) is 20.6. The van der Waals surface area contributed by atoms with Crippen LogP contribution in [0.2, 0.25) is 0 Å². The smallest absolute Gasteiger partial charge is 0.412 e. The summed E-state index contributed by atoms with van der Waals surface area (Å²) < 4.78 is 13.6. The number of rotatable bonds is 7. The van der Waals surface area contributed by atoms with E-state index in [1.807, 2.05) is 0 Å². The second-order valence-corrected chi connectivity index (χ2v) is 11.4. The SMILES string of the molecule is Cn1nnnc1SC[C@]1(O[SiH3])N(C(=O)OCc2ccc([N+](=O)[O-])cc2)C[C@H](C(C)(C)C)C1(C)C. The van der Waals surface area contributed by atoms with Crippen LogP contribution in [-0.2, 0) is 22.8 Å². The number of hydrogen-bond acceptors (Lipinski definition) is 9. The number of nitrogens with zero attached hydrogens (tertiary/aromatic N) is 6. The third kappa shape index (κ3) is 4.82. The number of aromatic nitrogens is 4. The maximum Gasteiger partial charge on any atom is 0.412 e. The number of nitro benzene ring substituents is 1. The van der Waals surface area contributed by atoms with Gasteiger partial charge in [0.15, 0.2) is 0 Å². The molecule has 2 heterocycles. The van der Waals surface area contributed by atoms with Crippen molar-refractivity contribution < 1.29 is 18.9 Å². The predicted octanol–water partition coefficient (Wildman–Crippen LogP) is 2.54. The lowest BCUT2D eigenvalue weighted by Gasteiger charge is -2.47. The van der Waals surface area contributed by atoms with E-state index in [1.54, 1.807) is 28.8 Å². The van der Waals surface area contributed by atoms with Crippen molar-refractivity contribution in [1.82, 2.24) is 25.1 Å². The molecule has 0 unspecified atom stereocenters. The number of thioether (sulfide) groups is 1. The summed E-state index contributed by atoms with van der Waals surface area (Å²) in [6, 6.07) is 5.97. The van der Waals surface area contributed by atoms with Crippen molar-refractivity contribution in [2.45, 2.75) is 52.1 Å². The molecule has 34 heavy (non-hydrogen) atoms. The van der Waals surface area contributed by atoms with E-state index in [-0.39, 0.29) is 23.6 Å². The third-order valence-electron chi connectivity index (χ3n) is 6.77. The lowest BCUT2D eigenvalue weighted by atomic mass is 9.64. The lowest BCUT2D eigenvalue weighted by Crippen LogP contribution is -2.58. The van der Waals surface area contributed by atoms with Crippen molar-refractivity contribution in [1.29, 1.82) is 0 Å². The van der Waals surface area contributed by atoms with Crippen molar-refractivity contribution in [3.8, 4) is 0 Å². The molecule has 0 bridgehead atoms. The highest BCUT2D eigenvalue weighted by Gasteiger charge is 2.63. The van der Waals surface area contributed by atoms with Gasteiger partial charge in [-0.25, -0.2) is 9.48 Å². The van der Waals surface area contributed by atoms with Crippen LogP contribution in [0.3, 0.4) is 0 Å². The Morgan fingerprint density at radius 1 is 1.32 bits per heavy atom. The van der Waals surface area contributed by atoms with Crippen LogP contribution >= 0.6 is 11.8 Å². The van der Waals surface area contributed by atoms with E-state index in [0.29, 0.717) is 33.5 Å². The maximum absolute atomic E-state index is 13.4. The molecule has 1 amide bonds. The summed E-state index contributed by atoms with van der Waals surface area (Å²) in [5.41, 5.74) is -0.734. The molecular weight excluding hydrogens is 476 g/mol. The van der Waals surface area contributed by atoms with Crippen molar-refractivity contribution in [3.63, 3.8) is 0 Å². The number of likely N-dealkylation sites (tertiary alicyclic amines) is 1. The Hall–Kier alpha value is -2.51. The molecule has 1 aliphatic rings. The highest BCUT2D eigenvalue weighted by Crippen LogP contribution is 2.56. The Morgan fingerprint density at radius 3 is 2.47 bits per heavy atom. The molecule has 0 aliphatic carbocycles. The van der Waals surface area contributed by atoms with Crippen molar-refractivity contribution in [3.05, 3.63) is 39.9 Å². The fraction of sp³-hybridized carbons (Fsp3) is 0.619. The topological polar surface area (TPSA) is 126 Å². The number of ether oxygens (including phenoxy) is 1. The average Bonchev–Trinajstić information content (AvgIpc) is 3.28. The molecule has 186 valence electrons. The van der Waals surface area contributed by atoms with E-state index < -0.39 is 22.2 Å². The van der Waals surface area contributed by atoms with Gasteiger partial charge in [0.05, 0.1) is 4.92 Å². The fourth-order valence-corrected chi connectivity index (χ4v) is 7.28. The van der Waals surface area contributed by atoms with Gasteiger partial charge in [-0.1, -0.05) is 46.4 Å². The first-order valence-corrected chi connectivity index (χ1v) is 12.7. The van der Waals surface area contributed by atoms with Crippen LogP contribution in [0.4, 0.5) is 10.5 Å². The van der Waals surface area contributed by atoms with Crippen LogP contribution in [0.25, 0.3) is 0 Å². The highest BCUT2D eigenvalue weighted by molar-refractivity contribution is 7.99. The minimum atomic E-state index is -0.916. The standard InChI is InChI=1S/C21H32N6O5SSi/c1-19(2,3)16-11-26(18(28)31-12-14-7-9-15(10-8-14)27(29)30)21(32-34,20(16,4)5)13-33-17-22-23-24-25(17)6/h7-10,16H,11-13H2,1-6,34H3/t16-,21-/m1/s1. The summed E-state index contributed by atoms with van der Waals surface area (Å²) in [5, 5.41) is 23.2. The predicted molar refractivity (Wildman–Crippen MR) is 130 cm³/mol. The molecule has 1 saturated heterocycles. The van der Waals surface area contributed by atoms with Gasteiger partial charge < -0.3 is 9.16 Å². The zero-order chi connectivity index (χ0) is 25.3. The lowest BCUT2D eigenvalue weighted by molar-refractivity contribution is -0.384. The van der Waals surface area contributed by atoms with Crippen LogP contribution in [0, 0.1) is 26.9 Å². The number of aryl methyl sites for hydroxylation is 1. The Kier molecular flexibility index (Phi) is 7.39. The molecule has 0 radical (unpaired) electrons. The van der Waals surface area contributed by atoms with E-state index in [9.17, 15) is 14.9 Å². The molecule has 1 fully saturated rings. The van der Waals surface area contributed by atoms with E-state index in [0.717, 1.165) is 0 Å². The minimum absolute atomic E-state index is 0.00547. The molecule has 2 aromatic rings. The number of carbonyl (C=O) groups excluding carboxylic acids is 1. The molecular formula is C21H32N6O5SSi. The van der Waals surface area contributed by atoms with Crippen LogP contribution in [-0.4, -0.2) is 64.6 Å².